The molecule has 3 aromatic carbocycles. The molecular formula is C18H14N2O4S2. The number of anilines is 1. The smallest absolute Gasteiger partial charge is 0.269 e. The molecule has 132 valence electrons. The van der Waals surface area contributed by atoms with E-state index in [2.05, 4.69) is 4.72 Å². The summed E-state index contributed by atoms with van der Waals surface area (Å²) in [7, 11) is -3.62. The highest BCUT2D eigenvalue weighted by molar-refractivity contribution is 7.99. The molecule has 0 atom stereocenters. The molecule has 0 bridgehead atoms. The summed E-state index contributed by atoms with van der Waals surface area (Å²) in [5.41, 5.74) is 0.502. The Balaban J connectivity index is 1.69. The van der Waals surface area contributed by atoms with Gasteiger partial charge in [0.1, 0.15) is 0 Å². The second-order valence-corrected chi connectivity index (χ2v) is 8.13. The van der Waals surface area contributed by atoms with Crippen LogP contribution in [0, 0.1) is 10.1 Å². The van der Waals surface area contributed by atoms with Gasteiger partial charge in [-0.05, 0) is 48.5 Å². The average Bonchev–Trinajstić information content (AvgIpc) is 2.64. The van der Waals surface area contributed by atoms with Crippen molar-refractivity contribution in [1.29, 1.82) is 0 Å². The number of hydrogen-bond donors (Lipinski definition) is 1. The number of nitrogens with zero attached hydrogens (tertiary/aromatic N) is 1. The molecule has 0 saturated carbocycles. The molecule has 1 N–H and O–H groups in total. The first-order valence-corrected chi connectivity index (χ1v) is 9.84. The van der Waals surface area contributed by atoms with Crippen LogP contribution in [0.5, 0.6) is 0 Å². The SMILES string of the molecule is O=[N+]([O-])c1ccc(Sc2ccc(NS(=O)(=O)c3ccccc3)cc2)cc1. The number of nitro benzene ring substituents is 1. The van der Waals surface area contributed by atoms with Gasteiger partial charge in [0.2, 0.25) is 0 Å². The van der Waals surface area contributed by atoms with Crippen molar-refractivity contribution in [3.63, 3.8) is 0 Å². The molecule has 8 heteroatoms. The van der Waals surface area contributed by atoms with Gasteiger partial charge < -0.3 is 0 Å². The van der Waals surface area contributed by atoms with Crippen LogP contribution >= 0.6 is 11.8 Å². The number of nitro groups is 1. The van der Waals surface area contributed by atoms with Gasteiger partial charge in [-0.3, -0.25) is 14.8 Å². The van der Waals surface area contributed by atoms with Gasteiger partial charge in [-0.15, -0.1) is 0 Å². The fourth-order valence-corrected chi connectivity index (χ4v) is 4.07. The van der Waals surface area contributed by atoms with Crippen LogP contribution in [-0.4, -0.2) is 13.3 Å². The quantitative estimate of drug-likeness (QED) is 0.496. The molecule has 0 aromatic heterocycles. The van der Waals surface area contributed by atoms with Crippen molar-refractivity contribution in [3.8, 4) is 0 Å². The highest BCUT2D eigenvalue weighted by Crippen LogP contribution is 2.30. The van der Waals surface area contributed by atoms with Gasteiger partial charge in [0.25, 0.3) is 15.7 Å². The Morgan fingerprint density at radius 2 is 1.35 bits per heavy atom. The largest absolute Gasteiger partial charge is 0.280 e. The third-order valence-electron chi connectivity index (χ3n) is 3.44. The van der Waals surface area contributed by atoms with Crippen LogP contribution in [0.2, 0.25) is 0 Å². The standard InChI is InChI=1S/C18H14N2O4S2/c21-20(22)15-8-12-17(13-9-15)25-16-10-6-14(7-11-16)19-26(23,24)18-4-2-1-3-5-18/h1-13,19H. The molecule has 0 radical (unpaired) electrons. The van der Waals surface area contributed by atoms with Gasteiger partial charge in [0.05, 0.1) is 9.82 Å². The van der Waals surface area contributed by atoms with E-state index in [1.54, 1.807) is 54.6 Å². The maximum Gasteiger partial charge on any atom is 0.269 e. The molecular weight excluding hydrogens is 372 g/mol. The summed E-state index contributed by atoms with van der Waals surface area (Å²) in [6.45, 7) is 0. The minimum atomic E-state index is -3.62. The molecule has 0 aliphatic heterocycles. The number of nitrogens with one attached hydrogen (secondary N) is 1. The van der Waals surface area contributed by atoms with E-state index >= 15 is 0 Å². The van der Waals surface area contributed by atoms with E-state index in [1.165, 1.54) is 36.0 Å². The molecule has 3 aromatic rings. The van der Waals surface area contributed by atoms with Crippen molar-refractivity contribution in [2.24, 2.45) is 0 Å². The van der Waals surface area contributed by atoms with Crippen LogP contribution in [0.4, 0.5) is 11.4 Å². The third kappa shape index (κ3) is 4.41. The molecule has 0 amide bonds. The zero-order valence-electron chi connectivity index (χ0n) is 13.4. The predicted octanol–water partition coefficient (Wildman–Crippen LogP) is 4.55. The first kappa shape index (κ1) is 18.0. The molecule has 0 unspecified atom stereocenters. The van der Waals surface area contributed by atoms with Crippen molar-refractivity contribution in [2.75, 3.05) is 4.72 Å². The molecule has 0 heterocycles. The number of non-ortho nitro benzene ring substituents is 1. The van der Waals surface area contributed by atoms with Crippen molar-refractivity contribution >= 4 is 33.2 Å². The predicted molar refractivity (Wildman–Crippen MR) is 101 cm³/mol. The Kier molecular flexibility index (Phi) is 5.24. The van der Waals surface area contributed by atoms with Crippen molar-refractivity contribution < 1.29 is 13.3 Å². The zero-order chi connectivity index (χ0) is 18.6. The number of hydrogen-bond acceptors (Lipinski definition) is 5. The summed E-state index contributed by atoms with van der Waals surface area (Å²) < 4.78 is 27.1. The van der Waals surface area contributed by atoms with E-state index in [1.807, 2.05) is 0 Å². The Morgan fingerprint density at radius 3 is 1.88 bits per heavy atom. The molecule has 26 heavy (non-hydrogen) atoms. The van der Waals surface area contributed by atoms with E-state index in [0.717, 1.165) is 9.79 Å². The molecule has 3 rings (SSSR count). The van der Waals surface area contributed by atoms with Crippen LogP contribution in [0.1, 0.15) is 0 Å². The topological polar surface area (TPSA) is 89.3 Å². The molecule has 6 nitrogen and oxygen atoms in total. The summed E-state index contributed by atoms with van der Waals surface area (Å²) in [6.07, 6.45) is 0. The van der Waals surface area contributed by atoms with Crippen LogP contribution in [0.3, 0.4) is 0 Å². The van der Waals surface area contributed by atoms with Crippen LogP contribution in [0.15, 0.2) is 93.5 Å². The Morgan fingerprint density at radius 1 is 0.808 bits per heavy atom. The van der Waals surface area contributed by atoms with Gasteiger partial charge in [-0.25, -0.2) is 8.42 Å². The maximum absolute atomic E-state index is 12.3. The maximum atomic E-state index is 12.3. The van der Waals surface area contributed by atoms with E-state index in [4.69, 9.17) is 0 Å². The number of benzene rings is 3. The van der Waals surface area contributed by atoms with Gasteiger partial charge in [-0.1, -0.05) is 30.0 Å². The molecule has 0 aliphatic rings. The van der Waals surface area contributed by atoms with Crippen LogP contribution < -0.4 is 4.72 Å². The van der Waals surface area contributed by atoms with Gasteiger partial charge in [-0.2, -0.15) is 0 Å². The van der Waals surface area contributed by atoms with Crippen molar-refractivity contribution in [1.82, 2.24) is 0 Å². The Labute approximate surface area is 155 Å². The van der Waals surface area contributed by atoms with E-state index in [-0.39, 0.29) is 10.6 Å². The molecule has 0 aliphatic carbocycles. The lowest BCUT2D eigenvalue weighted by molar-refractivity contribution is -0.384. The normalized spacial score (nSPS) is 11.1. The molecule has 0 spiro atoms. The minimum Gasteiger partial charge on any atom is -0.280 e. The summed E-state index contributed by atoms with van der Waals surface area (Å²) in [5, 5.41) is 10.7. The Bertz CT molecular complexity index is 1000. The summed E-state index contributed by atoms with van der Waals surface area (Å²) in [6, 6.07) is 21.3. The van der Waals surface area contributed by atoms with E-state index in [9.17, 15) is 18.5 Å². The van der Waals surface area contributed by atoms with Crippen LogP contribution in [0.25, 0.3) is 0 Å². The third-order valence-corrected chi connectivity index (χ3v) is 5.86. The van der Waals surface area contributed by atoms with Gasteiger partial charge in [0, 0.05) is 27.6 Å². The summed E-state index contributed by atoms with van der Waals surface area (Å²) >= 11 is 1.43. The van der Waals surface area contributed by atoms with Crippen LogP contribution in [-0.2, 0) is 10.0 Å². The van der Waals surface area contributed by atoms with Crippen molar-refractivity contribution in [2.45, 2.75) is 14.7 Å². The molecule has 0 fully saturated rings. The van der Waals surface area contributed by atoms with E-state index < -0.39 is 14.9 Å². The number of rotatable bonds is 6. The lowest BCUT2D eigenvalue weighted by atomic mass is 10.3. The van der Waals surface area contributed by atoms with E-state index in [0.29, 0.717) is 5.69 Å². The van der Waals surface area contributed by atoms with Gasteiger partial charge >= 0.3 is 0 Å². The summed E-state index contributed by atoms with van der Waals surface area (Å²) in [5.74, 6) is 0. The first-order chi connectivity index (χ1) is 12.4. The second-order valence-electron chi connectivity index (χ2n) is 5.30. The summed E-state index contributed by atoms with van der Waals surface area (Å²) in [4.78, 5) is 12.2. The second kappa shape index (κ2) is 7.59. The highest BCUT2D eigenvalue weighted by atomic mass is 32.2. The highest BCUT2D eigenvalue weighted by Gasteiger charge is 2.13. The minimum absolute atomic E-state index is 0.0417. The monoisotopic (exact) mass is 386 g/mol. The fourth-order valence-electron chi connectivity index (χ4n) is 2.18. The lowest BCUT2D eigenvalue weighted by Crippen LogP contribution is -2.12. The van der Waals surface area contributed by atoms with Crippen molar-refractivity contribution in [3.05, 3.63) is 89.0 Å². The Hall–Kier alpha value is -2.84. The number of sulfonamides is 1. The van der Waals surface area contributed by atoms with Gasteiger partial charge in [0.15, 0.2) is 0 Å². The zero-order valence-corrected chi connectivity index (χ0v) is 15.0. The fraction of sp³-hybridized carbons (Fsp3) is 0. The first-order valence-electron chi connectivity index (χ1n) is 7.54. The molecule has 0 saturated heterocycles. The average molecular weight is 386 g/mol. The lowest BCUT2D eigenvalue weighted by Gasteiger charge is -2.09.